The van der Waals surface area contributed by atoms with Gasteiger partial charge < -0.3 is 4.98 Å². The van der Waals surface area contributed by atoms with E-state index >= 15 is 0 Å². The third kappa shape index (κ3) is 3.08. The smallest absolute Gasteiger partial charge is 0.166 e. The SMILES string of the molecule is C=Cc1cc(/C=c2\nc(SCC)[nH]c2=C)ccc1N=C. The molecular formula is C16H17N3S. The van der Waals surface area contributed by atoms with Crippen LogP contribution >= 0.6 is 11.8 Å². The lowest BCUT2D eigenvalue weighted by Gasteiger charge is -2.01. The molecule has 0 aliphatic rings. The molecule has 0 saturated carbocycles. The number of nitrogens with zero attached hydrogens (tertiary/aromatic N) is 2. The van der Waals surface area contributed by atoms with Crippen molar-refractivity contribution in [2.75, 3.05) is 5.75 Å². The lowest BCUT2D eigenvalue weighted by atomic mass is 10.1. The highest BCUT2D eigenvalue weighted by Crippen LogP contribution is 2.21. The topological polar surface area (TPSA) is 41.0 Å². The van der Waals surface area contributed by atoms with Crippen molar-refractivity contribution in [1.29, 1.82) is 0 Å². The quantitative estimate of drug-likeness (QED) is 0.677. The molecule has 1 heterocycles. The molecule has 2 aromatic rings. The van der Waals surface area contributed by atoms with Gasteiger partial charge in [0, 0.05) is 5.56 Å². The number of H-pyrrole nitrogens is 1. The van der Waals surface area contributed by atoms with Crippen LogP contribution in [0.25, 0.3) is 18.7 Å². The van der Waals surface area contributed by atoms with E-state index in [1.807, 2.05) is 24.3 Å². The minimum atomic E-state index is 0.826. The Morgan fingerprint density at radius 2 is 2.25 bits per heavy atom. The number of hydrogen-bond donors (Lipinski definition) is 1. The Morgan fingerprint density at radius 1 is 1.45 bits per heavy atom. The molecule has 1 aromatic heterocycles. The van der Waals surface area contributed by atoms with E-state index in [9.17, 15) is 0 Å². The van der Waals surface area contributed by atoms with Crippen LogP contribution in [0.1, 0.15) is 18.1 Å². The van der Waals surface area contributed by atoms with Crippen molar-refractivity contribution in [2.24, 2.45) is 4.99 Å². The normalized spacial score (nSPS) is 11.6. The van der Waals surface area contributed by atoms with Crippen LogP contribution in [0.3, 0.4) is 0 Å². The molecule has 2 rings (SSSR count). The monoisotopic (exact) mass is 283 g/mol. The zero-order chi connectivity index (χ0) is 14.5. The van der Waals surface area contributed by atoms with Gasteiger partial charge in [0.25, 0.3) is 0 Å². The molecular weight excluding hydrogens is 266 g/mol. The van der Waals surface area contributed by atoms with Gasteiger partial charge in [-0.1, -0.05) is 44.0 Å². The number of benzene rings is 1. The first-order valence-corrected chi connectivity index (χ1v) is 7.29. The summed E-state index contributed by atoms with van der Waals surface area (Å²) in [6.45, 7) is 13.4. The molecule has 20 heavy (non-hydrogen) atoms. The van der Waals surface area contributed by atoms with Crippen molar-refractivity contribution >= 4 is 42.9 Å². The molecule has 1 aromatic carbocycles. The van der Waals surface area contributed by atoms with E-state index in [-0.39, 0.29) is 0 Å². The van der Waals surface area contributed by atoms with Gasteiger partial charge in [-0.05, 0) is 36.2 Å². The van der Waals surface area contributed by atoms with E-state index in [0.717, 1.165) is 38.4 Å². The van der Waals surface area contributed by atoms with E-state index in [2.05, 4.69) is 41.8 Å². The maximum absolute atomic E-state index is 4.52. The van der Waals surface area contributed by atoms with Crippen molar-refractivity contribution in [3.05, 3.63) is 46.6 Å². The second-order valence-electron chi connectivity index (χ2n) is 4.16. The van der Waals surface area contributed by atoms with Gasteiger partial charge >= 0.3 is 0 Å². The zero-order valence-corrected chi connectivity index (χ0v) is 12.3. The summed E-state index contributed by atoms with van der Waals surface area (Å²) in [5.41, 5.74) is 2.83. The summed E-state index contributed by atoms with van der Waals surface area (Å²) < 4.78 is 0. The molecule has 0 saturated heterocycles. The van der Waals surface area contributed by atoms with E-state index in [0.29, 0.717) is 0 Å². The lowest BCUT2D eigenvalue weighted by Crippen LogP contribution is -2.22. The molecule has 0 aliphatic carbocycles. The van der Waals surface area contributed by atoms with Crippen LogP contribution in [0.2, 0.25) is 0 Å². The van der Waals surface area contributed by atoms with Crippen LogP contribution in [0.15, 0.2) is 34.9 Å². The first-order chi connectivity index (χ1) is 9.67. The number of hydrogen-bond acceptors (Lipinski definition) is 3. The molecule has 0 amide bonds. The molecule has 1 N–H and O–H groups in total. The summed E-state index contributed by atoms with van der Waals surface area (Å²) >= 11 is 1.67. The maximum Gasteiger partial charge on any atom is 0.166 e. The van der Waals surface area contributed by atoms with Gasteiger partial charge in [-0.2, -0.15) is 0 Å². The Balaban J connectivity index is 2.47. The average molecular weight is 283 g/mol. The van der Waals surface area contributed by atoms with E-state index in [4.69, 9.17) is 0 Å². The van der Waals surface area contributed by atoms with Gasteiger partial charge in [-0.15, -0.1) is 0 Å². The Labute approximate surface area is 122 Å². The molecule has 0 fully saturated rings. The fraction of sp³-hybridized carbons (Fsp3) is 0.125. The fourth-order valence-corrected chi connectivity index (χ4v) is 2.48. The van der Waals surface area contributed by atoms with E-state index < -0.39 is 0 Å². The number of aliphatic imine (C=N–C) groups is 1. The van der Waals surface area contributed by atoms with Gasteiger partial charge in [0.15, 0.2) is 5.16 Å². The first-order valence-electron chi connectivity index (χ1n) is 6.30. The van der Waals surface area contributed by atoms with Crippen molar-refractivity contribution in [3.8, 4) is 0 Å². The van der Waals surface area contributed by atoms with E-state index in [1.165, 1.54) is 0 Å². The van der Waals surface area contributed by atoms with Gasteiger partial charge in [0.1, 0.15) is 0 Å². The predicted molar refractivity (Wildman–Crippen MR) is 89.1 cm³/mol. The minimum absolute atomic E-state index is 0.826. The Bertz CT molecular complexity index is 744. The van der Waals surface area contributed by atoms with Crippen molar-refractivity contribution in [2.45, 2.75) is 12.1 Å². The summed E-state index contributed by atoms with van der Waals surface area (Å²) in [6.07, 6.45) is 3.77. The molecule has 0 atom stereocenters. The number of nitrogens with one attached hydrogen (secondary N) is 1. The summed E-state index contributed by atoms with van der Waals surface area (Å²) in [6, 6.07) is 5.92. The van der Waals surface area contributed by atoms with Crippen LogP contribution in [0.4, 0.5) is 5.69 Å². The predicted octanol–water partition coefficient (Wildman–Crippen LogP) is 2.74. The van der Waals surface area contributed by atoms with Crippen molar-refractivity contribution in [3.63, 3.8) is 0 Å². The Hall–Kier alpha value is -2.07. The van der Waals surface area contributed by atoms with Crippen molar-refractivity contribution < 1.29 is 0 Å². The molecule has 0 unspecified atom stereocenters. The van der Waals surface area contributed by atoms with Crippen LogP contribution < -0.4 is 10.7 Å². The maximum atomic E-state index is 4.52. The Morgan fingerprint density at radius 3 is 2.90 bits per heavy atom. The number of rotatable bonds is 5. The second kappa shape index (κ2) is 6.39. The minimum Gasteiger partial charge on any atom is -0.333 e. The van der Waals surface area contributed by atoms with E-state index in [1.54, 1.807) is 17.8 Å². The van der Waals surface area contributed by atoms with Crippen LogP contribution in [0.5, 0.6) is 0 Å². The molecule has 4 heteroatoms. The molecule has 3 nitrogen and oxygen atoms in total. The summed E-state index contributed by atoms with van der Waals surface area (Å²) in [7, 11) is 0. The van der Waals surface area contributed by atoms with Crippen LogP contribution in [-0.4, -0.2) is 22.4 Å². The number of imidazole rings is 1. The third-order valence-corrected chi connectivity index (χ3v) is 3.57. The molecule has 0 radical (unpaired) electrons. The van der Waals surface area contributed by atoms with Crippen LogP contribution in [0, 0.1) is 0 Å². The van der Waals surface area contributed by atoms with Gasteiger partial charge in [0.05, 0.1) is 16.4 Å². The molecule has 102 valence electrons. The summed E-state index contributed by atoms with van der Waals surface area (Å²) in [4.78, 5) is 11.7. The zero-order valence-electron chi connectivity index (χ0n) is 11.5. The number of aromatic amines is 1. The van der Waals surface area contributed by atoms with Crippen LogP contribution in [-0.2, 0) is 0 Å². The largest absolute Gasteiger partial charge is 0.333 e. The Kier molecular flexibility index (Phi) is 4.58. The first kappa shape index (κ1) is 14.3. The molecule has 0 bridgehead atoms. The summed E-state index contributed by atoms with van der Waals surface area (Å²) in [5.74, 6) is 0.979. The number of thioether (sulfide) groups is 1. The highest BCUT2D eigenvalue weighted by Gasteiger charge is 2.00. The average Bonchev–Trinajstić information content (AvgIpc) is 2.79. The molecule has 0 aliphatic heterocycles. The number of aromatic nitrogens is 2. The van der Waals surface area contributed by atoms with Crippen molar-refractivity contribution in [1.82, 2.24) is 9.97 Å². The standard InChI is InChI=1S/C16H17N3S/c1-5-13-9-12(7-8-14(13)17-4)10-15-11(3)18-16(19-15)20-6-2/h5,7-10H,1,3-4,6H2,2H3,(H,18,19)/b15-10-. The lowest BCUT2D eigenvalue weighted by molar-refractivity contribution is 1.04. The second-order valence-corrected chi connectivity index (χ2v) is 5.42. The molecule has 0 spiro atoms. The summed E-state index contributed by atoms with van der Waals surface area (Å²) in [5, 5.41) is 2.58. The third-order valence-electron chi connectivity index (χ3n) is 2.82. The van der Waals surface area contributed by atoms with Gasteiger partial charge in [0.2, 0.25) is 0 Å². The highest BCUT2D eigenvalue weighted by atomic mass is 32.2. The fourth-order valence-electron chi connectivity index (χ4n) is 1.85. The van der Waals surface area contributed by atoms with Gasteiger partial charge in [-0.3, -0.25) is 4.99 Å². The highest BCUT2D eigenvalue weighted by molar-refractivity contribution is 7.99. The van der Waals surface area contributed by atoms with Gasteiger partial charge in [-0.25, -0.2) is 4.98 Å².